The Bertz CT molecular complexity index is 1530. The van der Waals surface area contributed by atoms with Gasteiger partial charge in [-0.2, -0.15) is 5.26 Å². The number of aromatic nitrogens is 1. The van der Waals surface area contributed by atoms with Crippen molar-refractivity contribution in [2.45, 2.75) is 45.3 Å². The van der Waals surface area contributed by atoms with Crippen molar-refractivity contribution in [1.29, 1.82) is 5.26 Å². The number of anilines is 1. The molecule has 1 aliphatic rings. The molecule has 0 unspecified atom stereocenters. The molecule has 1 atom stereocenters. The highest BCUT2D eigenvalue weighted by Crippen LogP contribution is 2.45. The van der Waals surface area contributed by atoms with E-state index >= 15 is 0 Å². The van der Waals surface area contributed by atoms with Crippen molar-refractivity contribution in [2.75, 3.05) is 32.1 Å². The quantitative estimate of drug-likeness (QED) is 0.282. The van der Waals surface area contributed by atoms with Gasteiger partial charge in [0.25, 0.3) is 0 Å². The monoisotopic (exact) mass is 522 g/mol. The van der Waals surface area contributed by atoms with Crippen molar-refractivity contribution in [2.24, 2.45) is 0 Å². The predicted octanol–water partition coefficient (Wildman–Crippen LogP) is 5.84. The zero-order chi connectivity index (χ0) is 27.7. The van der Waals surface area contributed by atoms with Crippen LogP contribution in [0.15, 0.2) is 65.1 Å². The maximum Gasteiger partial charge on any atom is 0.321 e. The minimum atomic E-state index is -1.16. The van der Waals surface area contributed by atoms with Gasteiger partial charge in [-0.3, -0.25) is 4.79 Å². The molecule has 5 rings (SSSR count). The number of nitriles is 1. The van der Waals surface area contributed by atoms with E-state index in [0.29, 0.717) is 22.7 Å². The first-order valence-electron chi connectivity index (χ1n) is 13.3. The highest BCUT2D eigenvalue weighted by atomic mass is 16.5. The van der Waals surface area contributed by atoms with E-state index in [1.165, 1.54) is 0 Å². The molecule has 0 saturated carbocycles. The van der Waals surface area contributed by atoms with Crippen molar-refractivity contribution in [3.05, 3.63) is 83.2 Å². The average molecular weight is 523 g/mol. The van der Waals surface area contributed by atoms with Crippen molar-refractivity contribution >= 4 is 22.8 Å². The lowest BCUT2D eigenvalue weighted by Gasteiger charge is -2.25. The van der Waals surface area contributed by atoms with E-state index in [-0.39, 0.29) is 12.5 Å². The molecule has 3 aromatic carbocycles. The third-order valence-corrected chi connectivity index (χ3v) is 7.71. The van der Waals surface area contributed by atoms with Crippen LogP contribution in [0.3, 0.4) is 0 Å². The Kier molecular flexibility index (Phi) is 7.16. The molecule has 200 valence electrons. The van der Waals surface area contributed by atoms with E-state index in [0.717, 1.165) is 47.5 Å². The molecular weight excluding hydrogens is 488 g/mol. The lowest BCUT2D eigenvalue weighted by Crippen LogP contribution is -2.31. The van der Waals surface area contributed by atoms with Gasteiger partial charge in [0.2, 0.25) is 5.89 Å². The van der Waals surface area contributed by atoms with Crippen LogP contribution in [-0.2, 0) is 21.6 Å². The third kappa shape index (κ3) is 4.88. The summed E-state index contributed by atoms with van der Waals surface area (Å²) in [5, 5.41) is 10.2. The average Bonchev–Trinajstić information content (AvgIpc) is 3.61. The van der Waals surface area contributed by atoms with Gasteiger partial charge in [-0.05, 0) is 58.0 Å². The fourth-order valence-electron chi connectivity index (χ4n) is 5.26. The maximum absolute atomic E-state index is 13.3. The van der Waals surface area contributed by atoms with E-state index < -0.39 is 11.4 Å². The molecule has 2 heterocycles. The van der Waals surface area contributed by atoms with Gasteiger partial charge in [-0.1, -0.05) is 60.7 Å². The van der Waals surface area contributed by atoms with Gasteiger partial charge in [0.1, 0.15) is 23.6 Å². The Hall–Kier alpha value is -4.15. The second-order valence-corrected chi connectivity index (χ2v) is 10.9. The summed E-state index contributed by atoms with van der Waals surface area (Å²) in [6, 6.07) is 22.4. The summed E-state index contributed by atoms with van der Waals surface area (Å²) in [5.74, 6) is -0.201. The Morgan fingerprint density at radius 3 is 2.44 bits per heavy atom. The summed E-state index contributed by atoms with van der Waals surface area (Å²) in [4.78, 5) is 22.6. The summed E-state index contributed by atoms with van der Waals surface area (Å²) in [6.45, 7) is 7.30. The lowest BCUT2D eigenvalue weighted by molar-refractivity contribution is -0.151. The molecule has 0 bridgehead atoms. The number of carbonyl (C=O) groups excluding carboxylic acids is 1. The highest BCUT2D eigenvalue weighted by Gasteiger charge is 2.39. The number of ether oxygens (including phenoxy) is 1. The van der Waals surface area contributed by atoms with Gasteiger partial charge in [0.05, 0.1) is 11.3 Å². The molecule has 1 fully saturated rings. The van der Waals surface area contributed by atoms with Crippen LogP contribution >= 0.6 is 0 Å². The number of esters is 1. The topological polar surface area (TPSA) is 82.6 Å². The normalized spacial score (nSPS) is 15.6. The third-order valence-electron chi connectivity index (χ3n) is 7.71. The first-order valence-corrected chi connectivity index (χ1v) is 13.3. The summed E-state index contributed by atoms with van der Waals surface area (Å²) in [7, 11) is 4.20. The number of hydrogen-bond acceptors (Lipinski definition) is 7. The van der Waals surface area contributed by atoms with Crippen LogP contribution in [0.4, 0.5) is 5.69 Å². The fourth-order valence-corrected chi connectivity index (χ4v) is 5.26. The van der Waals surface area contributed by atoms with Gasteiger partial charge < -0.3 is 19.0 Å². The molecule has 0 amide bonds. The van der Waals surface area contributed by atoms with Gasteiger partial charge in [0.15, 0.2) is 5.58 Å². The summed E-state index contributed by atoms with van der Waals surface area (Å²) >= 11 is 0. The predicted molar refractivity (Wildman–Crippen MR) is 152 cm³/mol. The molecule has 4 aromatic rings. The summed E-state index contributed by atoms with van der Waals surface area (Å²) in [6.07, 6.45) is 1.01. The largest absolute Gasteiger partial charge is 0.460 e. The van der Waals surface area contributed by atoms with E-state index in [1.807, 2.05) is 55.5 Å². The van der Waals surface area contributed by atoms with Gasteiger partial charge in [0, 0.05) is 24.7 Å². The molecule has 0 N–H and O–H groups in total. The van der Waals surface area contributed by atoms with Crippen molar-refractivity contribution in [1.82, 2.24) is 9.88 Å². The van der Waals surface area contributed by atoms with E-state index in [9.17, 15) is 10.1 Å². The zero-order valence-corrected chi connectivity index (χ0v) is 23.2. The Balaban J connectivity index is 1.64. The first-order chi connectivity index (χ1) is 18.7. The molecule has 1 saturated heterocycles. The molecule has 0 aliphatic carbocycles. The molecular formula is C32H34N4O3. The number of rotatable bonds is 7. The number of fused-ring (bicyclic) bond motifs is 1. The van der Waals surface area contributed by atoms with Crippen LogP contribution in [-0.4, -0.2) is 49.1 Å². The van der Waals surface area contributed by atoms with E-state index in [2.05, 4.69) is 42.1 Å². The molecule has 0 spiro atoms. The Labute approximate surface area is 229 Å². The van der Waals surface area contributed by atoms with E-state index in [1.54, 1.807) is 13.8 Å². The molecule has 0 radical (unpaired) electrons. The highest BCUT2D eigenvalue weighted by molar-refractivity contribution is 6.02. The summed E-state index contributed by atoms with van der Waals surface area (Å²) in [5.41, 5.74) is 4.97. The number of benzene rings is 3. The van der Waals surface area contributed by atoms with Crippen molar-refractivity contribution < 1.29 is 13.9 Å². The SMILES string of the molecule is Cc1c(-c2ccccc2)c(N2CC[C@H](N(C)C)C2)c2oc(C(C)(C)C(=O)OCc3ccccc3)nc2c1C#N. The number of likely N-dealkylation sites (N-methyl/N-ethyl adjacent to an activating group) is 1. The van der Waals surface area contributed by atoms with Crippen LogP contribution < -0.4 is 4.90 Å². The maximum atomic E-state index is 13.3. The smallest absolute Gasteiger partial charge is 0.321 e. The molecule has 1 aliphatic heterocycles. The van der Waals surface area contributed by atoms with Crippen LogP contribution in [0.5, 0.6) is 0 Å². The van der Waals surface area contributed by atoms with Gasteiger partial charge >= 0.3 is 5.97 Å². The zero-order valence-electron chi connectivity index (χ0n) is 23.2. The fraction of sp³-hybridized carbons (Fsp3) is 0.344. The number of nitrogens with zero attached hydrogens (tertiary/aromatic N) is 4. The second-order valence-electron chi connectivity index (χ2n) is 10.9. The number of hydrogen-bond donors (Lipinski definition) is 0. The first kappa shape index (κ1) is 26.5. The second kappa shape index (κ2) is 10.5. The lowest BCUT2D eigenvalue weighted by atomic mass is 9.93. The van der Waals surface area contributed by atoms with Crippen LogP contribution in [0, 0.1) is 18.3 Å². The molecule has 7 nitrogen and oxygen atoms in total. The Morgan fingerprint density at radius 2 is 1.82 bits per heavy atom. The standard InChI is InChI=1S/C32H34N4O3/c1-21-25(18-33)27-29(39-30(34-27)32(2,3)31(37)38-20-22-12-8-6-9-13-22)28(26(21)23-14-10-7-11-15-23)36-17-16-24(19-36)35(4)5/h6-15,24H,16-17,19-20H2,1-5H3/t24-/m0/s1. The van der Waals surface area contributed by atoms with E-state index in [4.69, 9.17) is 14.1 Å². The van der Waals surface area contributed by atoms with Crippen molar-refractivity contribution in [3.8, 4) is 17.2 Å². The van der Waals surface area contributed by atoms with Crippen LogP contribution in [0.1, 0.15) is 42.8 Å². The number of oxazole rings is 1. The minimum Gasteiger partial charge on any atom is -0.460 e. The van der Waals surface area contributed by atoms with Gasteiger partial charge in [-0.25, -0.2) is 4.98 Å². The van der Waals surface area contributed by atoms with Crippen molar-refractivity contribution in [3.63, 3.8) is 0 Å². The molecule has 39 heavy (non-hydrogen) atoms. The molecule has 1 aromatic heterocycles. The van der Waals surface area contributed by atoms with Crippen LogP contribution in [0.25, 0.3) is 22.2 Å². The van der Waals surface area contributed by atoms with Crippen LogP contribution in [0.2, 0.25) is 0 Å². The number of carbonyl (C=O) groups is 1. The van der Waals surface area contributed by atoms with Gasteiger partial charge in [-0.15, -0.1) is 0 Å². The molecule has 7 heteroatoms. The summed E-state index contributed by atoms with van der Waals surface area (Å²) < 4.78 is 12.2. The minimum absolute atomic E-state index is 0.162. The Morgan fingerprint density at radius 1 is 1.15 bits per heavy atom.